The molecule has 3 rings (SSSR count). The van der Waals surface area contributed by atoms with Crippen LogP contribution in [0.15, 0.2) is 48.5 Å². The Morgan fingerprint density at radius 1 is 0.594 bits per heavy atom. The first-order chi connectivity index (χ1) is 15.7. The number of fused-ring (bicyclic) bond motifs is 2. The first kappa shape index (κ1) is 23.4. The molecule has 0 N–H and O–H groups in total. The van der Waals surface area contributed by atoms with E-state index in [1.165, 1.54) is 14.2 Å². The second kappa shape index (κ2) is 11.9. The molecular weight excluding hydrogens is 408 g/mol. The third kappa shape index (κ3) is 5.90. The molecule has 0 atom stereocenters. The molecule has 6 nitrogen and oxygen atoms in total. The van der Waals surface area contributed by atoms with Gasteiger partial charge in [-0.05, 0) is 25.7 Å². The summed E-state index contributed by atoms with van der Waals surface area (Å²) in [5.74, 6) is 1.25. The molecule has 0 amide bonds. The van der Waals surface area contributed by atoms with Crippen molar-refractivity contribution < 1.29 is 28.5 Å². The van der Waals surface area contributed by atoms with Crippen molar-refractivity contribution in [1.29, 1.82) is 0 Å². The zero-order valence-electron chi connectivity index (χ0n) is 18.7. The van der Waals surface area contributed by atoms with Gasteiger partial charge >= 0.3 is 11.9 Å². The van der Waals surface area contributed by atoms with Crippen LogP contribution in [0.5, 0.6) is 11.5 Å². The van der Waals surface area contributed by atoms with Crippen molar-refractivity contribution in [2.24, 2.45) is 0 Å². The third-order valence-corrected chi connectivity index (χ3v) is 5.33. The zero-order chi connectivity index (χ0) is 22.8. The Morgan fingerprint density at radius 2 is 0.938 bits per heavy atom. The van der Waals surface area contributed by atoms with Crippen molar-refractivity contribution in [3.8, 4) is 11.5 Å². The molecule has 0 spiro atoms. The van der Waals surface area contributed by atoms with Crippen molar-refractivity contribution in [1.82, 2.24) is 0 Å². The average Bonchev–Trinajstić information content (AvgIpc) is 2.83. The number of carbonyl (C=O) groups is 2. The third-order valence-electron chi connectivity index (χ3n) is 5.33. The molecule has 0 bridgehead atoms. The normalized spacial score (nSPS) is 10.8. The quantitative estimate of drug-likeness (QED) is 0.213. The standard InChI is InChI=1S/C26H30O6/c1-29-23(27)15-7-9-17-31-25-19-11-3-5-13-21(19)26(22-14-6-4-12-20(22)25)32-18-10-8-16-24(28)30-2/h3-6,11-14H,7-10,15-18H2,1-2H3. The molecule has 0 aliphatic heterocycles. The monoisotopic (exact) mass is 438 g/mol. The maximum absolute atomic E-state index is 11.3. The van der Waals surface area contributed by atoms with Gasteiger partial charge in [-0.2, -0.15) is 0 Å². The molecule has 0 saturated heterocycles. The fraction of sp³-hybridized carbons (Fsp3) is 0.385. The molecule has 6 heteroatoms. The van der Waals surface area contributed by atoms with Crippen LogP contribution in [0, 0.1) is 0 Å². The summed E-state index contributed by atoms with van der Waals surface area (Å²) in [5.41, 5.74) is 0. The van der Waals surface area contributed by atoms with Crippen LogP contribution in [0.3, 0.4) is 0 Å². The van der Waals surface area contributed by atoms with Crippen LogP contribution in [0.2, 0.25) is 0 Å². The number of rotatable bonds is 12. The lowest BCUT2D eigenvalue weighted by Gasteiger charge is -2.18. The van der Waals surface area contributed by atoms with Crippen molar-refractivity contribution >= 4 is 33.5 Å². The number of methoxy groups -OCH3 is 2. The molecule has 3 aromatic carbocycles. The lowest BCUT2D eigenvalue weighted by Crippen LogP contribution is -2.05. The Hall–Kier alpha value is -3.28. The number of benzene rings is 3. The number of unbranched alkanes of at least 4 members (excludes halogenated alkanes) is 2. The first-order valence-corrected chi connectivity index (χ1v) is 11.0. The number of hydrogen-bond acceptors (Lipinski definition) is 6. The van der Waals surface area contributed by atoms with E-state index in [0.717, 1.165) is 58.7 Å². The Morgan fingerprint density at radius 3 is 1.25 bits per heavy atom. The van der Waals surface area contributed by atoms with Crippen molar-refractivity contribution in [3.05, 3.63) is 48.5 Å². The highest BCUT2D eigenvalue weighted by molar-refractivity contribution is 6.11. The van der Waals surface area contributed by atoms with Crippen LogP contribution < -0.4 is 9.47 Å². The Kier molecular flexibility index (Phi) is 8.72. The molecule has 0 saturated carbocycles. The van der Waals surface area contributed by atoms with Crippen LogP contribution in [0.4, 0.5) is 0 Å². The molecule has 3 aromatic rings. The van der Waals surface area contributed by atoms with Gasteiger partial charge in [-0.25, -0.2) is 0 Å². The first-order valence-electron chi connectivity index (χ1n) is 11.0. The van der Waals surface area contributed by atoms with E-state index in [4.69, 9.17) is 18.9 Å². The van der Waals surface area contributed by atoms with E-state index in [1.807, 2.05) is 48.5 Å². The fourth-order valence-electron chi connectivity index (χ4n) is 3.65. The summed E-state index contributed by atoms with van der Waals surface area (Å²) in [6, 6.07) is 16.1. The Balaban J connectivity index is 1.79. The molecule has 0 aromatic heterocycles. The molecule has 0 heterocycles. The Bertz CT molecular complexity index is 918. The summed E-state index contributed by atoms with van der Waals surface area (Å²) in [6.45, 7) is 1.03. The van der Waals surface area contributed by atoms with E-state index in [1.54, 1.807) is 0 Å². The summed E-state index contributed by atoms with van der Waals surface area (Å²) >= 11 is 0. The second-order valence-electron chi connectivity index (χ2n) is 7.51. The zero-order valence-corrected chi connectivity index (χ0v) is 18.7. The minimum absolute atomic E-state index is 0.200. The van der Waals surface area contributed by atoms with Gasteiger partial charge in [0, 0.05) is 34.4 Å². The SMILES string of the molecule is COC(=O)CCCCOc1c2ccccc2c(OCCCCC(=O)OC)c2ccccc12. The largest absolute Gasteiger partial charge is 0.492 e. The van der Waals surface area contributed by atoms with Gasteiger partial charge in [0.05, 0.1) is 27.4 Å². The molecule has 0 unspecified atom stereocenters. The summed E-state index contributed by atoms with van der Waals surface area (Å²) in [7, 11) is 2.81. The summed E-state index contributed by atoms with van der Waals surface area (Å²) < 4.78 is 21.8. The number of ether oxygens (including phenoxy) is 4. The molecule has 170 valence electrons. The Labute approximate surface area is 188 Å². The average molecular weight is 439 g/mol. The second-order valence-corrected chi connectivity index (χ2v) is 7.51. The summed E-state index contributed by atoms with van der Waals surface area (Å²) in [5, 5.41) is 3.96. The predicted octanol–water partition coefficient (Wildman–Crippen LogP) is 5.44. The minimum Gasteiger partial charge on any atom is -0.492 e. The van der Waals surface area contributed by atoms with Crippen LogP contribution in [-0.4, -0.2) is 39.4 Å². The topological polar surface area (TPSA) is 71.1 Å². The number of esters is 2. The van der Waals surface area contributed by atoms with E-state index in [-0.39, 0.29) is 11.9 Å². The lowest BCUT2D eigenvalue weighted by molar-refractivity contribution is -0.141. The van der Waals surface area contributed by atoms with Gasteiger partial charge in [0.1, 0.15) is 11.5 Å². The van der Waals surface area contributed by atoms with E-state index < -0.39 is 0 Å². The summed E-state index contributed by atoms with van der Waals surface area (Å²) in [4.78, 5) is 22.6. The molecule has 0 fully saturated rings. The minimum atomic E-state index is -0.200. The lowest BCUT2D eigenvalue weighted by atomic mass is 10.0. The molecule has 32 heavy (non-hydrogen) atoms. The predicted molar refractivity (Wildman–Crippen MR) is 124 cm³/mol. The van der Waals surface area contributed by atoms with E-state index in [2.05, 4.69) is 0 Å². The molecule has 0 aliphatic carbocycles. The molecular formula is C26H30O6. The van der Waals surface area contributed by atoms with Crippen LogP contribution in [0.25, 0.3) is 21.5 Å². The molecule has 0 radical (unpaired) electrons. The number of carbonyl (C=O) groups excluding carboxylic acids is 2. The fourth-order valence-corrected chi connectivity index (χ4v) is 3.65. The van der Waals surface area contributed by atoms with E-state index >= 15 is 0 Å². The van der Waals surface area contributed by atoms with Gasteiger partial charge in [0.25, 0.3) is 0 Å². The van der Waals surface area contributed by atoms with Crippen LogP contribution in [-0.2, 0) is 19.1 Å². The van der Waals surface area contributed by atoms with Gasteiger partial charge in [-0.3, -0.25) is 9.59 Å². The number of hydrogen-bond donors (Lipinski definition) is 0. The van der Waals surface area contributed by atoms with Crippen LogP contribution >= 0.6 is 0 Å². The highest BCUT2D eigenvalue weighted by atomic mass is 16.5. The van der Waals surface area contributed by atoms with Gasteiger partial charge < -0.3 is 18.9 Å². The van der Waals surface area contributed by atoms with Gasteiger partial charge in [0.2, 0.25) is 0 Å². The van der Waals surface area contributed by atoms with Crippen molar-refractivity contribution in [2.75, 3.05) is 27.4 Å². The highest BCUT2D eigenvalue weighted by Crippen LogP contribution is 2.42. The maximum atomic E-state index is 11.3. The summed E-state index contributed by atoms with van der Waals surface area (Å²) in [6.07, 6.45) is 3.74. The van der Waals surface area contributed by atoms with Crippen LogP contribution in [0.1, 0.15) is 38.5 Å². The van der Waals surface area contributed by atoms with E-state index in [0.29, 0.717) is 26.1 Å². The van der Waals surface area contributed by atoms with Crippen molar-refractivity contribution in [2.45, 2.75) is 38.5 Å². The van der Waals surface area contributed by atoms with Gasteiger partial charge in [-0.15, -0.1) is 0 Å². The smallest absolute Gasteiger partial charge is 0.305 e. The highest BCUT2D eigenvalue weighted by Gasteiger charge is 2.16. The maximum Gasteiger partial charge on any atom is 0.305 e. The van der Waals surface area contributed by atoms with Gasteiger partial charge in [-0.1, -0.05) is 48.5 Å². The van der Waals surface area contributed by atoms with Crippen molar-refractivity contribution in [3.63, 3.8) is 0 Å². The molecule has 0 aliphatic rings. The van der Waals surface area contributed by atoms with Gasteiger partial charge in [0.15, 0.2) is 0 Å². The van der Waals surface area contributed by atoms with E-state index in [9.17, 15) is 9.59 Å².